The van der Waals surface area contributed by atoms with Gasteiger partial charge in [-0.25, -0.2) is 9.53 Å². The Morgan fingerprint density at radius 2 is 2.07 bits per heavy atom. The lowest BCUT2D eigenvalue weighted by atomic mass is 10.1. The van der Waals surface area contributed by atoms with E-state index in [1.54, 1.807) is 6.07 Å². The lowest BCUT2D eigenvalue weighted by molar-refractivity contribution is 0.575. The summed E-state index contributed by atoms with van der Waals surface area (Å²) in [5, 5.41) is 4.71. The zero-order valence-corrected chi connectivity index (χ0v) is 8.72. The molecule has 15 heavy (non-hydrogen) atoms. The third kappa shape index (κ3) is 3.92. The molecule has 0 aliphatic rings. The van der Waals surface area contributed by atoms with Crippen molar-refractivity contribution in [3.05, 3.63) is 35.1 Å². The Bertz CT molecular complexity index is 447. The SMILES string of the molecule is NCc1ccc(CNS(N)(=O)=O)c(F)c1. The van der Waals surface area contributed by atoms with Gasteiger partial charge in [0.25, 0.3) is 10.2 Å². The number of rotatable bonds is 4. The summed E-state index contributed by atoms with van der Waals surface area (Å²) in [6, 6.07) is 4.36. The first-order valence-corrected chi connectivity index (χ1v) is 5.72. The minimum Gasteiger partial charge on any atom is -0.326 e. The second kappa shape index (κ2) is 4.67. The minimum atomic E-state index is -3.80. The Labute approximate surface area is 87.5 Å². The highest BCUT2D eigenvalue weighted by atomic mass is 32.2. The van der Waals surface area contributed by atoms with Gasteiger partial charge in [-0.05, 0) is 11.6 Å². The molecule has 1 rings (SSSR count). The van der Waals surface area contributed by atoms with Gasteiger partial charge in [-0.3, -0.25) is 0 Å². The zero-order valence-electron chi connectivity index (χ0n) is 7.90. The Morgan fingerprint density at radius 1 is 1.40 bits per heavy atom. The van der Waals surface area contributed by atoms with Crippen molar-refractivity contribution in [1.82, 2.24) is 4.72 Å². The molecule has 7 heteroatoms. The van der Waals surface area contributed by atoms with Crippen LogP contribution in [0.5, 0.6) is 0 Å². The molecule has 0 unspecified atom stereocenters. The van der Waals surface area contributed by atoms with E-state index in [1.807, 2.05) is 4.72 Å². The molecular formula is C8H12FN3O2S. The molecule has 0 aromatic heterocycles. The standard InChI is InChI=1S/C8H12FN3O2S/c9-8-3-6(4-10)1-2-7(8)5-12-15(11,13)14/h1-3,12H,4-5,10H2,(H2,11,13,14). The van der Waals surface area contributed by atoms with Crippen LogP contribution in [0.25, 0.3) is 0 Å². The molecule has 0 aliphatic heterocycles. The molecule has 5 N–H and O–H groups in total. The van der Waals surface area contributed by atoms with Crippen LogP contribution in [0.4, 0.5) is 4.39 Å². The molecule has 1 aromatic rings. The Hall–Kier alpha value is -1.02. The van der Waals surface area contributed by atoms with Crippen molar-refractivity contribution < 1.29 is 12.8 Å². The largest absolute Gasteiger partial charge is 0.326 e. The molecule has 1 aromatic carbocycles. The number of nitrogens with one attached hydrogen (secondary N) is 1. The van der Waals surface area contributed by atoms with E-state index in [2.05, 4.69) is 0 Å². The van der Waals surface area contributed by atoms with Crippen molar-refractivity contribution in [2.75, 3.05) is 0 Å². The van der Waals surface area contributed by atoms with E-state index in [0.717, 1.165) is 0 Å². The highest BCUT2D eigenvalue weighted by molar-refractivity contribution is 7.87. The Morgan fingerprint density at radius 3 is 2.53 bits per heavy atom. The maximum atomic E-state index is 13.3. The molecule has 0 bridgehead atoms. The summed E-state index contributed by atoms with van der Waals surface area (Å²) in [4.78, 5) is 0. The molecule has 5 nitrogen and oxygen atoms in total. The quantitative estimate of drug-likeness (QED) is 0.658. The molecule has 0 aliphatic carbocycles. The van der Waals surface area contributed by atoms with Crippen LogP contribution < -0.4 is 15.6 Å². The molecule has 0 saturated carbocycles. The summed E-state index contributed by atoms with van der Waals surface area (Å²) in [6.45, 7) is 0.0648. The fourth-order valence-corrected chi connectivity index (χ4v) is 1.40. The van der Waals surface area contributed by atoms with E-state index in [4.69, 9.17) is 10.9 Å². The number of hydrogen-bond donors (Lipinski definition) is 3. The average molecular weight is 233 g/mol. The van der Waals surface area contributed by atoms with Crippen LogP contribution in [0.3, 0.4) is 0 Å². The van der Waals surface area contributed by atoms with Gasteiger partial charge in [-0.15, -0.1) is 0 Å². The first-order chi connectivity index (χ1) is 6.92. The van der Waals surface area contributed by atoms with Gasteiger partial charge in [-0.2, -0.15) is 13.1 Å². The molecule has 84 valence electrons. The van der Waals surface area contributed by atoms with Crippen LogP contribution in [0, 0.1) is 5.82 Å². The second-order valence-corrected chi connectivity index (χ2v) is 4.37. The van der Waals surface area contributed by atoms with Crippen LogP contribution >= 0.6 is 0 Å². The van der Waals surface area contributed by atoms with Crippen molar-refractivity contribution in [1.29, 1.82) is 0 Å². The maximum absolute atomic E-state index is 13.3. The maximum Gasteiger partial charge on any atom is 0.274 e. The van der Waals surface area contributed by atoms with Crippen molar-refractivity contribution in [2.45, 2.75) is 13.1 Å². The predicted molar refractivity (Wildman–Crippen MR) is 54.2 cm³/mol. The molecule has 0 heterocycles. The molecular weight excluding hydrogens is 221 g/mol. The number of hydrogen-bond acceptors (Lipinski definition) is 3. The van der Waals surface area contributed by atoms with Crippen molar-refractivity contribution in [3.8, 4) is 0 Å². The van der Waals surface area contributed by atoms with E-state index < -0.39 is 16.0 Å². The predicted octanol–water partition coefficient (Wildman–Crippen LogP) is -0.422. The normalized spacial score (nSPS) is 11.7. The second-order valence-electron chi connectivity index (χ2n) is 3.00. The number of halogens is 1. The van der Waals surface area contributed by atoms with E-state index in [9.17, 15) is 12.8 Å². The molecule has 0 fully saturated rings. The van der Waals surface area contributed by atoms with Gasteiger partial charge >= 0.3 is 0 Å². The average Bonchev–Trinajstić information content (AvgIpc) is 2.14. The van der Waals surface area contributed by atoms with Gasteiger partial charge < -0.3 is 5.73 Å². The van der Waals surface area contributed by atoms with Crippen molar-refractivity contribution in [3.63, 3.8) is 0 Å². The Balaban J connectivity index is 2.79. The Kier molecular flexibility index (Phi) is 3.75. The summed E-state index contributed by atoms with van der Waals surface area (Å²) in [7, 11) is -3.80. The van der Waals surface area contributed by atoms with E-state index >= 15 is 0 Å². The third-order valence-corrected chi connectivity index (χ3v) is 2.36. The first kappa shape index (κ1) is 12.1. The van der Waals surface area contributed by atoms with Crippen molar-refractivity contribution >= 4 is 10.2 Å². The van der Waals surface area contributed by atoms with Gasteiger partial charge in [0.2, 0.25) is 0 Å². The van der Waals surface area contributed by atoms with Crippen LogP contribution in [-0.4, -0.2) is 8.42 Å². The van der Waals surface area contributed by atoms with Crippen LogP contribution in [0.2, 0.25) is 0 Å². The van der Waals surface area contributed by atoms with Gasteiger partial charge in [0.15, 0.2) is 0 Å². The van der Waals surface area contributed by atoms with E-state index in [1.165, 1.54) is 12.1 Å². The third-order valence-electron chi connectivity index (χ3n) is 1.82. The van der Waals surface area contributed by atoms with Crippen LogP contribution in [-0.2, 0) is 23.3 Å². The fourth-order valence-electron chi connectivity index (χ4n) is 1.04. The molecule has 0 atom stereocenters. The van der Waals surface area contributed by atoms with Gasteiger partial charge in [0.1, 0.15) is 5.82 Å². The lowest BCUT2D eigenvalue weighted by Gasteiger charge is -2.05. The highest BCUT2D eigenvalue weighted by Gasteiger charge is 2.06. The lowest BCUT2D eigenvalue weighted by Crippen LogP contribution is -2.30. The first-order valence-electron chi connectivity index (χ1n) is 4.17. The van der Waals surface area contributed by atoms with Crippen molar-refractivity contribution in [2.24, 2.45) is 10.9 Å². The molecule has 0 radical (unpaired) electrons. The van der Waals surface area contributed by atoms with E-state index in [0.29, 0.717) is 5.56 Å². The van der Waals surface area contributed by atoms with Crippen LogP contribution in [0.1, 0.15) is 11.1 Å². The van der Waals surface area contributed by atoms with Gasteiger partial charge in [-0.1, -0.05) is 12.1 Å². The van der Waals surface area contributed by atoms with Gasteiger partial charge in [0, 0.05) is 18.7 Å². The smallest absolute Gasteiger partial charge is 0.274 e. The molecule has 0 amide bonds. The monoisotopic (exact) mass is 233 g/mol. The summed E-state index contributed by atoms with van der Waals surface area (Å²) < 4.78 is 36.4. The van der Waals surface area contributed by atoms with Gasteiger partial charge in [0.05, 0.1) is 0 Å². The summed E-state index contributed by atoms with van der Waals surface area (Å²) in [5.74, 6) is -0.505. The zero-order chi connectivity index (χ0) is 11.5. The summed E-state index contributed by atoms with van der Waals surface area (Å²) in [5.41, 5.74) is 6.18. The van der Waals surface area contributed by atoms with E-state index in [-0.39, 0.29) is 18.7 Å². The summed E-state index contributed by atoms with van der Waals surface area (Å²) in [6.07, 6.45) is 0. The number of benzene rings is 1. The highest BCUT2D eigenvalue weighted by Crippen LogP contribution is 2.09. The fraction of sp³-hybridized carbons (Fsp3) is 0.250. The topological polar surface area (TPSA) is 98.2 Å². The summed E-state index contributed by atoms with van der Waals surface area (Å²) >= 11 is 0. The molecule has 0 spiro atoms. The number of nitrogens with two attached hydrogens (primary N) is 2. The minimum absolute atomic E-state index is 0.171. The molecule has 0 saturated heterocycles. The van der Waals surface area contributed by atoms with Crippen LogP contribution in [0.15, 0.2) is 18.2 Å².